The SMILES string of the molecule is COc1cccc(OCC2NCCc3ccccc32)c1. The normalized spacial score (nSPS) is 17.4. The fourth-order valence-corrected chi connectivity index (χ4v) is 2.61. The molecule has 0 aliphatic carbocycles. The van der Waals surface area contributed by atoms with Crippen molar-refractivity contribution in [3.8, 4) is 11.5 Å². The van der Waals surface area contributed by atoms with Gasteiger partial charge in [-0.3, -0.25) is 0 Å². The number of methoxy groups -OCH3 is 1. The van der Waals surface area contributed by atoms with Crippen LogP contribution in [0.3, 0.4) is 0 Å². The molecule has 3 heteroatoms. The molecule has 0 amide bonds. The van der Waals surface area contributed by atoms with Gasteiger partial charge in [-0.05, 0) is 36.2 Å². The summed E-state index contributed by atoms with van der Waals surface area (Å²) < 4.78 is 11.1. The van der Waals surface area contributed by atoms with E-state index in [2.05, 4.69) is 29.6 Å². The predicted molar refractivity (Wildman–Crippen MR) is 79.4 cm³/mol. The highest BCUT2D eigenvalue weighted by Crippen LogP contribution is 2.25. The van der Waals surface area contributed by atoms with E-state index in [0.29, 0.717) is 6.61 Å². The first-order valence-electron chi connectivity index (χ1n) is 6.95. The van der Waals surface area contributed by atoms with Gasteiger partial charge < -0.3 is 14.8 Å². The van der Waals surface area contributed by atoms with Crippen molar-refractivity contribution in [2.45, 2.75) is 12.5 Å². The Kier molecular flexibility index (Phi) is 3.88. The van der Waals surface area contributed by atoms with Crippen molar-refractivity contribution >= 4 is 0 Å². The van der Waals surface area contributed by atoms with E-state index >= 15 is 0 Å². The Morgan fingerprint density at radius 3 is 2.85 bits per heavy atom. The van der Waals surface area contributed by atoms with Gasteiger partial charge in [0.15, 0.2) is 0 Å². The Morgan fingerprint density at radius 2 is 1.95 bits per heavy atom. The second kappa shape index (κ2) is 5.97. The monoisotopic (exact) mass is 269 g/mol. The summed E-state index contributed by atoms with van der Waals surface area (Å²) in [6.07, 6.45) is 1.09. The molecule has 0 saturated heterocycles. The van der Waals surface area contributed by atoms with Crippen molar-refractivity contribution in [1.29, 1.82) is 0 Å². The van der Waals surface area contributed by atoms with Crippen LogP contribution in [0.25, 0.3) is 0 Å². The first kappa shape index (κ1) is 13.0. The molecule has 20 heavy (non-hydrogen) atoms. The van der Waals surface area contributed by atoms with Gasteiger partial charge >= 0.3 is 0 Å². The van der Waals surface area contributed by atoms with Crippen molar-refractivity contribution in [3.05, 3.63) is 59.7 Å². The van der Waals surface area contributed by atoms with Gasteiger partial charge in [0, 0.05) is 6.07 Å². The average Bonchev–Trinajstić information content (AvgIpc) is 2.53. The first-order chi connectivity index (χ1) is 9.86. The number of benzene rings is 2. The second-order valence-corrected chi connectivity index (χ2v) is 4.95. The summed E-state index contributed by atoms with van der Waals surface area (Å²) in [5.41, 5.74) is 2.77. The zero-order valence-corrected chi connectivity index (χ0v) is 11.6. The molecule has 0 bridgehead atoms. The van der Waals surface area contributed by atoms with Gasteiger partial charge in [0.2, 0.25) is 0 Å². The van der Waals surface area contributed by atoms with Crippen molar-refractivity contribution in [1.82, 2.24) is 5.32 Å². The van der Waals surface area contributed by atoms with Gasteiger partial charge in [-0.15, -0.1) is 0 Å². The summed E-state index contributed by atoms with van der Waals surface area (Å²) in [4.78, 5) is 0. The van der Waals surface area contributed by atoms with E-state index < -0.39 is 0 Å². The number of fused-ring (bicyclic) bond motifs is 1. The largest absolute Gasteiger partial charge is 0.497 e. The lowest BCUT2D eigenvalue weighted by Gasteiger charge is -2.26. The predicted octanol–water partition coefficient (Wildman–Crippen LogP) is 2.96. The molecule has 104 valence electrons. The van der Waals surface area contributed by atoms with E-state index in [-0.39, 0.29) is 6.04 Å². The summed E-state index contributed by atoms with van der Waals surface area (Å²) in [5.74, 6) is 1.66. The van der Waals surface area contributed by atoms with E-state index in [1.165, 1.54) is 11.1 Å². The molecule has 1 atom stereocenters. The molecule has 1 heterocycles. The Labute approximate surface area is 119 Å². The van der Waals surface area contributed by atoms with Gasteiger partial charge in [-0.25, -0.2) is 0 Å². The fourth-order valence-electron chi connectivity index (χ4n) is 2.61. The Morgan fingerprint density at radius 1 is 1.10 bits per heavy atom. The summed E-state index contributed by atoms with van der Waals surface area (Å²) in [6.45, 7) is 1.63. The molecular formula is C17H19NO2. The zero-order chi connectivity index (χ0) is 13.8. The molecule has 0 saturated carbocycles. The maximum atomic E-state index is 5.90. The van der Waals surface area contributed by atoms with Gasteiger partial charge in [-0.2, -0.15) is 0 Å². The standard InChI is InChI=1S/C17H19NO2/c1-19-14-6-4-7-15(11-14)20-12-17-16-8-3-2-5-13(16)9-10-18-17/h2-8,11,17-18H,9-10,12H2,1H3. The van der Waals surface area contributed by atoms with E-state index in [0.717, 1.165) is 24.5 Å². The number of hydrogen-bond donors (Lipinski definition) is 1. The number of nitrogens with one attached hydrogen (secondary N) is 1. The van der Waals surface area contributed by atoms with E-state index in [1.807, 2.05) is 24.3 Å². The molecule has 0 fully saturated rings. The van der Waals surface area contributed by atoms with Crippen molar-refractivity contribution in [2.75, 3.05) is 20.3 Å². The molecule has 1 N–H and O–H groups in total. The Bertz CT molecular complexity index is 583. The van der Waals surface area contributed by atoms with Gasteiger partial charge in [0.05, 0.1) is 13.2 Å². The molecule has 1 aliphatic heterocycles. The summed E-state index contributed by atoms with van der Waals surface area (Å²) in [7, 11) is 1.66. The Hall–Kier alpha value is -2.00. The molecule has 1 unspecified atom stereocenters. The lowest BCUT2D eigenvalue weighted by molar-refractivity contribution is 0.260. The summed E-state index contributed by atoms with van der Waals surface area (Å²) in [6, 6.07) is 16.6. The van der Waals surface area contributed by atoms with Gasteiger partial charge in [0.1, 0.15) is 18.1 Å². The second-order valence-electron chi connectivity index (χ2n) is 4.95. The molecule has 0 aromatic heterocycles. The summed E-state index contributed by atoms with van der Waals surface area (Å²) in [5, 5.41) is 3.52. The van der Waals surface area contributed by atoms with Crippen LogP contribution in [0.15, 0.2) is 48.5 Å². The fraction of sp³-hybridized carbons (Fsp3) is 0.294. The van der Waals surface area contributed by atoms with Crippen LogP contribution in [0.5, 0.6) is 11.5 Å². The van der Waals surface area contributed by atoms with Crippen molar-refractivity contribution < 1.29 is 9.47 Å². The van der Waals surface area contributed by atoms with Gasteiger partial charge in [-0.1, -0.05) is 30.3 Å². The lowest BCUT2D eigenvalue weighted by atomic mass is 9.95. The third kappa shape index (κ3) is 2.78. The molecule has 2 aromatic carbocycles. The van der Waals surface area contributed by atoms with Crippen molar-refractivity contribution in [2.24, 2.45) is 0 Å². The van der Waals surface area contributed by atoms with Crippen LogP contribution in [0.1, 0.15) is 17.2 Å². The maximum Gasteiger partial charge on any atom is 0.123 e. The minimum atomic E-state index is 0.256. The average molecular weight is 269 g/mol. The van der Waals surface area contributed by atoms with Crippen LogP contribution in [0.2, 0.25) is 0 Å². The minimum absolute atomic E-state index is 0.256. The topological polar surface area (TPSA) is 30.5 Å². The summed E-state index contributed by atoms with van der Waals surface area (Å²) >= 11 is 0. The lowest BCUT2D eigenvalue weighted by Crippen LogP contribution is -2.33. The molecular weight excluding hydrogens is 250 g/mol. The van der Waals surface area contributed by atoms with Crippen LogP contribution in [-0.2, 0) is 6.42 Å². The van der Waals surface area contributed by atoms with Gasteiger partial charge in [0.25, 0.3) is 0 Å². The molecule has 0 spiro atoms. The van der Waals surface area contributed by atoms with E-state index in [1.54, 1.807) is 7.11 Å². The highest BCUT2D eigenvalue weighted by molar-refractivity contribution is 5.34. The van der Waals surface area contributed by atoms with E-state index in [4.69, 9.17) is 9.47 Å². The number of rotatable bonds is 4. The molecule has 2 aromatic rings. The maximum absolute atomic E-state index is 5.90. The highest BCUT2D eigenvalue weighted by atomic mass is 16.5. The van der Waals surface area contributed by atoms with Crippen LogP contribution < -0.4 is 14.8 Å². The molecule has 1 aliphatic rings. The van der Waals surface area contributed by atoms with Crippen LogP contribution >= 0.6 is 0 Å². The third-order valence-electron chi connectivity index (χ3n) is 3.67. The quantitative estimate of drug-likeness (QED) is 0.925. The molecule has 0 radical (unpaired) electrons. The highest BCUT2D eigenvalue weighted by Gasteiger charge is 2.19. The smallest absolute Gasteiger partial charge is 0.123 e. The first-order valence-corrected chi connectivity index (χ1v) is 6.95. The molecule has 3 nitrogen and oxygen atoms in total. The van der Waals surface area contributed by atoms with Crippen molar-refractivity contribution in [3.63, 3.8) is 0 Å². The van der Waals surface area contributed by atoms with Crippen LogP contribution in [0.4, 0.5) is 0 Å². The number of ether oxygens (including phenoxy) is 2. The third-order valence-corrected chi connectivity index (χ3v) is 3.67. The number of hydrogen-bond acceptors (Lipinski definition) is 3. The molecule has 3 rings (SSSR count). The van der Waals surface area contributed by atoms with E-state index in [9.17, 15) is 0 Å². The van der Waals surface area contributed by atoms with Crippen LogP contribution in [0, 0.1) is 0 Å². The van der Waals surface area contributed by atoms with Crippen LogP contribution in [-0.4, -0.2) is 20.3 Å². The Balaban J connectivity index is 1.70. The minimum Gasteiger partial charge on any atom is -0.497 e. The zero-order valence-electron chi connectivity index (χ0n) is 11.6.